The Labute approximate surface area is 131 Å². The molecule has 0 aliphatic carbocycles. The molecule has 2 N–H and O–H groups in total. The fourth-order valence-corrected chi connectivity index (χ4v) is 2.07. The topological polar surface area (TPSA) is 88.1 Å². The fourth-order valence-electron chi connectivity index (χ4n) is 2.07. The van der Waals surface area contributed by atoms with Crippen LogP contribution in [-0.2, 0) is 9.47 Å². The Kier molecular flexibility index (Phi) is 5.67. The van der Waals surface area contributed by atoms with E-state index in [0.29, 0.717) is 13.0 Å². The van der Waals surface area contributed by atoms with E-state index in [1.165, 1.54) is 4.90 Å². The molecule has 7 nitrogen and oxygen atoms in total. The van der Waals surface area contributed by atoms with Gasteiger partial charge in [-0.1, -0.05) is 0 Å². The number of ether oxygens (including phenoxy) is 2. The monoisotopic (exact) mass is 316 g/mol. The van der Waals surface area contributed by atoms with Crippen molar-refractivity contribution in [2.45, 2.75) is 77.9 Å². The molecule has 1 rings (SSSR count). The van der Waals surface area contributed by atoms with Crippen molar-refractivity contribution in [3.05, 3.63) is 0 Å². The molecule has 0 aromatic heterocycles. The van der Waals surface area contributed by atoms with Crippen LogP contribution < -0.4 is 5.32 Å². The number of carbonyl (C=O) groups excluding carboxylic acids is 2. The second-order valence-corrected chi connectivity index (χ2v) is 7.51. The number of piperidine rings is 1. The van der Waals surface area contributed by atoms with Crippen LogP contribution in [0.2, 0.25) is 0 Å². The van der Waals surface area contributed by atoms with Crippen molar-refractivity contribution in [2.24, 2.45) is 0 Å². The van der Waals surface area contributed by atoms with E-state index in [2.05, 4.69) is 5.32 Å². The van der Waals surface area contributed by atoms with Crippen LogP contribution >= 0.6 is 0 Å². The number of hydrogen-bond donors (Lipinski definition) is 2. The average Bonchev–Trinajstić information content (AvgIpc) is 2.23. The lowest BCUT2D eigenvalue weighted by Gasteiger charge is -2.38. The standard InChI is InChI=1S/C15H28N2O5/c1-14(2,3)21-12(19)16-11-9-10(18)7-8-17(11)13(20)22-15(4,5)6/h10-11,18H,7-9H2,1-6H3,(H,16,19). The molecule has 7 heteroatoms. The smallest absolute Gasteiger partial charge is 0.411 e. The summed E-state index contributed by atoms with van der Waals surface area (Å²) in [7, 11) is 0. The number of hydrogen-bond acceptors (Lipinski definition) is 5. The number of nitrogens with one attached hydrogen (secondary N) is 1. The van der Waals surface area contributed by atoms with E-state index < -0.39 is 35.7 Å². The van der Waals surface area contributed by atoms with Crippen LogP contribution in [0.25, 0.3) is 0 Å². The summed E-state index contributed by atoms with van der Waals surface area (Å²) >= 11 is 0. The molecule has 1 aliphatic rings. The molecule has 0 bridgehead atoms. The van der Waals surface area contributed by atoms with Crippen molar-refractivity contribution >= 4 is 12.2 Å². The Balaban J connectivity index is 2.73. The van der Waals surface area contributed by atoms with Crippen LogP contribution in [0, 0.1) is 0 Å². The molecule has 2 amide bonds. The molecular formula is C15H28N2O5. The molecule has 128 valence electrons. The number of likely N-dealkylation sites (tertiary alicyclic amines) is 1. The first-order valence-corrected chi connectivity index (χ1v) is 7.54. The molecule has 2 atom stereocenters. The summed E-state index contributed by atoms with van der Waals surface area (Å²) < 4.78 is 10.5. The van der Waals surface area contributed by atoms with Crippen molar-refractivity contribution in [3.63, 3.8) is 0 Å². The summed E-state index contributed by atoms with van der Waals surface area (Å²) in [5, 5.41) is 12.4. The van der Waals surface area contributed by atoms with Gasteiger partial charge < -0.3 is 19.9 Å². The highest BCUT2D eigenvalue weighted by Gasteiger charge is 2.35. The third-order valence-electron chi connectivity index (χ3n) is 2.89. The number of alkyl carbamates (subject to hydrolysis) is 1. The predicted molar refractivity (Wildman–Crippen MR) is 81.3 cm³/mol. The zero-order chi connectivity index (χ0) is 17.1. The molecule has 0 spiro atoms. The van der Waals surface area contributed by atoms with Gasteiger partial charge in [0.05, 0.1) is 6.10 Å². The molecule has 2 unspecified atom stereocenters. The first kappa shape index (κ1) is 18.5. The Bertz CT molecular complexity index is 411. The van der Waals surface area contributed by atoms with Gasteiger partial charge in [-0.2, -0.15) is 0 Å². The molecule has 1 saturated heterocycles. The molecule has 1 fully saturated rings. The lowest BCUT2D eigenvalue weighted by atomic mass is 10.1. The van der Waals surface area contributed by atoms with Crippen LogP contribution in [0.3, 0.4) is 0 Å². The summed E-state index contributed by atoms with van der Waals surface area (Å²) in [5.41, 5.74) is -1.25. The maximum atomic E-state index is 12.2. The molecule has 1 heterocycles. The summed E-state index contributed by atoms with van der Waals surface area (Å²) in [5.74, 6) is 0. The van der Waals surface area contributed by atoms with Gasteiger partial charge in [-0.05, 0) is 48.0 Å². The number of aliphatic hydroxyl groups is 1. The summed E-state index contributed by atoms with van der Waals surface area (Å²) in [6, 6.07) is 0. The Morgan fingerprint density at radius 3 is 2.14 bits per heavy atom. The lowest BCUT2D eigenvalue weighted by molar-refractivity contribution is -0.0174. The van der Waals surface area contributed by atoms with Crippen LogP contribution in [0.15, 0.2) is 0 Å². The lowest BCUT2D eigenvalue weighted by Crippen LogP contribution is -2.57. The van der Waals surface area contributed by atoms with Gasteiger partial charge in [0.2, 0.25) is 0 Å². The highest BCUT2D eigenvalue weighted by atomic mass is 16.6. The molecule has 0 aromatic carbocycles. The van der Waals surface area contributed by atoms with Crippen LogP contribution in [0.4, 0.5) is 9.59 Å². The van der Waals surface area contributed by atoms with Gasteiger partial charge in [0.25, 0.3) is 0 Å². The molecule has 1 aliphatic heterocycles. The van der Waals surface area contributed by atoms with Gasteiger partial charge in [-0.3, -0.25) is 4.90 Å². The van der Waals surface area contributed by atoms with Crippen molar-refractivity contribution in [1.82, 2.24) is 10.2 Å². The maximum absolute atomic E-state index is 12.2. The molecule has 0 aromatic rings. The minimum absolute atomic E-state index is 0.248. The van der Waals surface area contributed by atoms with Gasteiger partial charge in [0, 0.05) is 13.0 Å². The van der Waals surface area contributed by atoms with Crippen LogP contribution in [0.1, 0.15) is 54.4 Å². The van der Waals surface area contributed by atoms with E-state index in [-0.39, 0.29) is 6.42 Å². The zero-order valence-electron chi connectivity index (χ0n) is 14.3. The fraction of sp³-hybridized carbons (Fsp3) is 0.867. The van der Waals surface area contributed by atoms with E-state index in [0.717, 1.165) is 0 Å². The second kappa shape index (κ2) is 6.73. The maximum Gasteiger partial charge on any atom is 0.411 e. The van der Waals surface area contributed by atoms with Gasteiger partial charge >= 0.3 is 12.2 Å². The van der Waals surface area contributed by atoms with E-state index >= 15 is 0 Å². The molecule has 22 heavy (non-hydrogen) atoms. The van der Waals surface area contributed by atoms with Gasteiger partial charge in [0.1, 0.15) is 17.4 Å². The normalized spacial score (nSPS) is 23.0. The molecular weight excluding hydrogens is 288 g/mol. The Morgan fingerprint density at radius 2 is 1.64 bits per heavy atom. The molecule has 0 saturated carbocycles. The molecule has 0 radical (unpaired) electrons. The summed E-state index contributed by atoms with van der Waals surface area (Å²) in [4.78, 5) is 25.5. The van der Waals surface area contributed by atoms with Gasteiger partial charge in [-0.25, -0.2) is 9.59 Å². The Morgan fingerprint density at radius 1 is 1.09 bits per heavy atom. The summed E-state index contributed by atoms with van der Waals surface area (Å²) in [6.45, 7) is 10.9. The largest absolute Gasteiger partial charge is 0.444 e. The Hall–Kier alpha value is -1.50. The van der Waals surface area contributed by atoms with Crippen molar-refractivity contribution in [2.75, 3.05) is 6.54 Å². The third-order valence-corrected chi connectivity index (χ3v) is 2.89. The van der Waals surface area contributed by atoms with Gasteiger partial charge in [0.15, 0.2) is 0 Å². The van der Waals surface area contributed by atoms with Crippen LogP contribution in [-0.4, -0.2) is 52.2 Å². The van der Waals surface area contributed by atoms with Crippen molar-refractivity contribution < 1.29 is 24.2 Å². The van der Waals surface area contributed by atoms with Crippen molar-refractivity contribution in [3.8, 4) is 0 Å². The SMILES string of the molecule is CC(C)(C)OC(=O)NC1CC(O)CCN1C(=O)OC(C)(C)C. The van der Waals surface area contributed by atoms with E-state index in [9.17, 15) is 14.7 Å². The van der Waals surface area contributed by atoms with E-state index in [4.69, 9.17) is 9.47 Å². The van der Waals surface area contributed by atoms with Crippen molar-refractivity contribution in [1.29, 1.82) is 0 Å². The minimum Gasteiger partial charge on any atom is -0.444 e. The van der Waals surface area contributed by atoms with Gasteiger partial charge in [-0.15, -0.1) is 0 Å². The quantitative estimate of drug-likeness (QED) is 0.774. The first-order chi connectivity index (χ1) is 9.87. The van der Waals surface area contributed by atoms with E-state index in [1.807, 2.05) is 0 Å². The third kappa shape index (κ3) is 6.51. The second-order valence-electron chi connectivity index (χ2n) is 7.51. The summed E-state index contributed by atoms with van der Waals surface area (Å²) in [6.07, 6.45) is -1.66. The number of rotatable bonds is 1. The first-order valence-electron chi connectivity index (χ1n) is 7.54. The minimum atomic E-state index is -0.645. The highest BCUT2D eigenvalue weighted by molar-refractivity contribution is 5.71. The number of amides is 2. The number of nitrogens with zero attached hydrogens (tertiary/aromatic N) is 1. The highest BCUT2D eigenvalue weighted by Crippen LogP contribution is 2.20. The zero-order valence-corrected chi connectivity index (χ0v) is 14.3. The van der Waals surface area contributed by atoms with E-state index in [1.54, 1.807) is 41.5 Å². The predicted octanol–water partition coefficient (Wildman–Crippen LogP) is 2.23. The number of carbonyl (C=O) groups is 2. The van der Waals surface area contributed by atoms with Crippen LogP contribution in [0.5, 0.6) is 0 Å². The number of aliphatic hydroxyl groups excluding tert-OH is 1. The average molecular weight is 316 g/mol.